The summed E-state index contributed by atoms with van der Waals surface area (Å²) in [6.07, 6.45) is 4.27. The fourth-order valence-electron chi connectivity index (χ4n) is 1.87. The van der Waals surface area contributed by atoms with Crippen LogP contribution in [0.4, 0.5) is 5.95 Å². The minimum Gasteiger partial charge on any atom is -0.369 e. The molecule has 2 aromatic rings. The molecule has 0 atom stereocenters. The molecule has 0 aliphatic rings. The normalized spacial score (nSPS) is 11.2. The van der Waals surface area contributed by atoms with Gasteiger partial charge in [0.05, 0.1) is 0 Å². The van der Waals surface area contributed by atoms with Gasteiger partial charge in [-0.05, 0) is 6.42 Å². The van der Waals surface area contributed by atoms with E-state index in [1.54, 1.807) is 4.57 Å². The minimum atomic E-state index is -0.341. The van der Waals surface area contributed by atoms with Crippen molar-refractivity contribution in [2.24, 2.45) is 0 Å². The van der Waals surface area contributed by atoms with Gasteiger partial charge >= 0.3 is 4.87 Å². The molecule has 0 spiro atoms. The SMILES string of the molecule is CCCCCCn1c(=O)sc2c(=O)[nH]c(N)nc21. The maximum absolute atomic E-state index is 11.8. The Bertz CT molecular complexity index is 655. The number of aromatic amines is 1. The third-order valence-electron chi connectivity index (χ3n) is 2.78. The number of hydrogen-bond donors (Lipinski definition) is 2. The Morgan fingerprint density at radius 2 is 2.11 bits per heavy atom. The molecular weight excluding hydrogens is 252 g/mol. The minimum absolute atomic E-state index is 0.0487. The smallest absolute Gasteiger partial charge is 0.309 e. The quantitative estimate of drug-likeness (QED) is 0.799. The highest BCUT2D eigenvalue weighted by molar-refractivity contribution is 7.16. The van der Waals surface area contributed by atoms with Crippen molar-refractivity contribution in [3.63, 3.8) is 0 Å². The van der Waals surface area contributed by atoms with Crippen LogP contribution in [0.2, 0.25) is 0 Å². The summed E-state index contributed by atoms with van der Waals surface area (Å²) in [5.41, 5.74) is 5.57. The van der Waals surface area contributed by atoms with Gasteiger partial charge in [0.25, 0.3) is 5.56 Å². The molecule has 18 heavy (non-hydrogen) atoms. The summed E-state index contributed by atoms with van der Waals surface area (Å²) in [4.78, 5) is 29.7. The molecule has 2 rings (SSSR count). The van der Waals surface area contributed by atoms with Gasteiger partial charge in [-0.1, -0.05) is 37.5 Å². The molecule has 0 aliphatic carbocycles. The lowest BCUT2D eigenvalue weighted by Crippen LogP contribution is -2.15. The van der Waals surface area contributed by atoms with E-state index in [4.69, 9.17) is 5.73 Å². The average molecular weight is 268 g/mol. The van der Waals surface area contributed by atoms with Crippen molar-refractivity contribution < 1.29 is 0 Å². The number of aryl methyl sites for hydroxylation is 1. The van der Waals surface area contributed by atoms with Crippen LogP contribution >= 0.6 is 11.3 Å². The summed E-state index contributed by atoms with van der Waals surface area (Å²) in [5.74, 6) is 0.0487. The fraction of sp³-hybridized carbons (Fsp3) is 0.545. The van der Waals surface area contributed by atoms with Crippen molar-refractivity contribution in [2.75, 3.05) is 5.73 Å². The average Bonchev–Trinajstić information content (AvgIpc) is 2.62. The zero-order valence-electron chi connectivity index (χ0n) is 10.2. The van der Waals surface area contributed by atoms with Crippen molar-refractivity contribution in [3.8, 4) is 0 Å². The zero-order valence-corrected chi connectivity index (χ0v) is 11.0. The molecule has 0 saturated heterocycles. The summed E-state index contributed by atoms with van der Waals surface area (Å²) in [6.45, 7) is 2.72. The van der Waals surface area contributed by atoms with Gasteiger partial charge in [-0.25, -0.2) is 0 Å². The summed E-state index contributed by atoms with van der Waals surface area (Å²) in [6, 6.07) is 0. The summed E-state index contributed by atoms with van der Waals surface area (Å²) in [5, 5.41) is 0. The van der Waals surface area contributed by atoms with Crippen LogP contribution < -0.4 is 16.2 Å². The highest BCUT2D eigenvalue weighted by Gasteiger charge is 2.12. The highest BCUT2D eigenvalue weighted by atomic mass is 32.1. The number of nitrogens with two attached hydrogens (primary N) is 1. The Kier molecular flexibility index (Phi) is 3.81. The van der Waals surface area contributed by atoms with Gasteiger partial charge in [-0.3, -0.25) is 19.1 Å². The summed E-state index contributed by atoms with van der Waals surface area (Å²) >= 11 is 0.923. The molecule has 0 unspecified atom stereocenters. The van der Waals surface area contributed by atoms with E-state index < -0.39 is 0 Å². The third kappa shape index (κ3) is 2.45. The predicted octanol–water partition coefficient (Wildman–Crippen LogP) is 1.31. The molecule has 7 heteroatoms. The number of nitrogens with one attached hydrogen (secondary N) is 1. The van der Waals surface area contributed by atoms with Gasteiger partial charge in [0.1, 0.15) is 4.70 Å². The van der Waals surface area contributed by atoms with Crippen LogP contribution in [-0.2, 0) is 6.54 Å². The van der Waals surface area contributed by atoms with Crippen molar-refractivity contribution in [1.82, 2.24) is 14.5 Å². The number of hydrogen-bond acceptors (Lipinski definition) is 5. The number of aromatic nitrogens is 3. The van der Waals surface area contributed by atoms with Crippen molar-refractivity contribution in [3.05, 3.63) is 20.0 Å². The lowest BCUT2D eigenvalue weighted by atomic mass is 10.2. The number of nitrogens with zero attached hydrogens (tertiary/aromatic N) is 2. The van der Waals surface area contributed by atoms with E-state index in [0.29, 0.717) is 16.9 Å². The van der Waals surface area contributed by atoms with Crippen molar-refractivity contribution in [1.29, 1.82) is 0 Å². The Morgan fingerprint density at radius 3 is 2.83 bits per heavy atom. The monoisotopic (exact) mass is 268 g/mol. The van der Waals surface area contributed by atoms with Crippen LogP contribution in [0.5, 0.6) is 0 Å². The fourth-order valence-corrected chi connectivity index (χ4v) is 2.72. The van der Waals surface area contributed by atoms with Gasteiger partial charge in [0.15, 0.2) is 5.65 Å². The summed E-state index contributed by atoms with van der Waals surface area (Å²) < 4.78 is 1.89. The summed E-state index contributed by atoms with van der Waals surface area (Å²) in [7, 11) is 0. The largest absolute Gasteiger partial charge is 0.369 e. The Morgan fingerprint density at radius 1 is 1.33 bits per heavy atom. The zero-order chi connectivity index (χ0) is 13.1. The second-order valence-electron chi connectivity index (χ2n) is 4.18. The number of thiazole rings is 1. The molecule has 3 N–H and O–H groups in total. The second kappa shape index (κ2) is 5.34. The third-order valence-corrected chi connectivity index (χ3v) is 3.75. The number of rotatable bonds is 5. The number of H-pyrrole nitrogens is 1. The standard InChI is InChI=1S/C11H16N4O2S/c1-2-3-4-5-6-15-8-7(18-11(15)17)9(16)14-10(12)13-8/h2-6H2,1H3,(H3,12,13,14,16). The molecule has 0 fully saturated rings. The number of fused-ring (bicyclic) bond motifs is 1. The van der Waals surface area contributed by atoms with Crippen LogP contribution in [0.3, 0.4) is 0 Å². The Balaban J connectivity index is 2.35. The lowest BCUT2D eigenvalue weighted by molar-refractivity contribution is 0.585. The maximum Gasteiger partial charge on any atom is 0.309 e. The number of anilines is 1. The van der Waals surface area contributed by atoms with Crippen LogP contribution in [-0.4, -0.2) is 14.5 Å². The Labute approximate surface area is 107 Å². The van der Waals surface area contributed by atoms with Gasteiger partial charge in [-0.2, -0.15) is 4.98 Å². The topological polar surface area (TPSA) is 93.8 Å². The van der Waals surface area contributed by atoms with Gasteiger partial charge in [-0.15, -0.1) is 0 Å². The first-order valence-electron chi connectivity index (χ1n) is 6.02. The van der Waals surface area contributed by atoms with E-state index in [2.05, 4.69) is 16.9 Å². The second-order valence-corrected chi connectivity index (χ2v) is 5.15. The first-order chi connectivity index (χ1) is 8.63. The molecule has 0 radical (unpaired) electrons. The van der Waals surface area contributed by atoms with Crippen LogP contribution in [0.1, 0.15) is 32.6 Å². The van der Waals surface area contributed by atoms with Gasteiger partial charge < -0.3 is 5.73 Å². The molecule has 2 aromatic heterocycles. The van der Waals surface area contributed by atoms with E-state index in [-0.39, 0.29) is 16.4 Å². The van der Waals surface area contributed by atoms with Crippen molar-refractivity contribution >= 4 is 27.6 Å². The molecule has 0 bridgehead atoms. The van der Waals surface area contributed by atoms with Crippen molar-refractivity contribution in [2.45, 2.75) is 39.2 Å². The molecule has 0 amide bonds. The van der Waals surface area contributed by atoms with E-state index in [1.165, 1.54) is 0 Å². The predicted molar refractivity (Wildman–Crippen MR) is 73.1 cm³/mol. The molecular formula is C11H16N4O2S. The highest BCUT2D eigenvalue weighted by Crippen LogP contribution is 2.12. The molecule has 6 nitrogen and oxygen atoms in total. The van der Waals surface area contributed by atoms with Crippen LogP contribution in [0.15, 0.2) is 9.59 Å². The van der Waals surface area contributed by atoms with E-state index in [0.717, 1.165) is 37.0 Å². The first kappa shape index (κ1) is 12.8. The lowest BCUT2D eigenvalue weighted by Gasteiger charge is -2.02. The Hall–Kier alpha value is -1.63. The number of nitrogen functional groups attached to an aromatic ring is 1. The molecule has 0 saturated carbocycles. The van der Waals surface area contributed by atoms with Crippen LogP contribution in [0, 0.1) is 0 Å². The number of unbranched alkanes of at least 4 members (excludes halogenated alkanes) is 3. The molecule has 0 aromatic carbocycles. The maximum atomic E-state index is 11.8. The molecule has 2 heterocycles. The van der Waals surface area contributed by atoms with Crippen LogP contribution in [0.25, 0.3) is 10.3 Å². The first-order valence-corrected chi connectivity index (χ1v) is 6.84. The van der Waals surface area contributed by atoms with E-state index >= 15 is 0 Å². The van der Waals surface area contributed by atoms with E-state index in [1.807, 2.05) is 0 Å². The molecule has 0 aliphatic heterocycles. The van der Waals surface area contributed by atoms with Gasteiger partial charge in [0, 0.05) is 6.54 Å². The molecule has 98 valence electrons. The van der Waals surface area contributed by atoms with Gasteiger partial charge in [0.2, 0.25) is 5.95 Å². The van der Waals surface area contributed by atoms with E-state index in [9.17, 15) is 9.59 Å².